The van der Waals surface area contributed by atoms with Crippen LogP contribution in [0.25, 0.3) is 10.9 Å². The van der Waals surface area contributed by atoms with E-state index in [0.29, 0.717) is 11.6 Å². The fourth-order valence-electron chi connectivity index (χ4n) is 2.81. The van der Waals surface area contributed by atoms with E-state index in [-0.39, 0.29) is 29.6 Å². The molecule has 0 atom stereocenters. The van der Waals surface area contributed by atoms with Crippen molar-refractivity contribution in [3.05, 3.63) is 75.6 Å². The predicted molar refractivity (Wildman–Crippen MR) is 87.4 cm³/mol. The second kappa shape index (κ2) is 6.99. The van der Waals surface area contributed by atoms with Crippen LogP contribution in [0.4, 0.5) is 13.2 Å². The van der Waals surface area contributed by atoms with Crippen LogP contribution in [0.15, 0.2) is 41.2 Å². The highest BCUT2D eigenvalue weighted by atomic mass is 19.2. The first kappa shape index (κ1) is 17.7. The van der Waals surface area contributed by atoms with Gasteiger partial charge in [-0.3, -0.25) is 9.59 Å². The number of hydrogen-bond acceptors (Lipinski definition) is 3. The van der Waals surface area contributed by atoms with Crippen LogP contribution >= 0.6 is 0 Å². The Hall–Kier alpha value is -3.16. The number of benzene rings is 2. The molecule has 0 aliphatic heterocycles. The first-order valence-electron chi connectivity index (χ1n) is 7.70. The number of nitrogens with zero attached hydrogens (tertiary/aromatic N) is 2. The van der Waals surface area contributed by atoms with Crippen molar-refractivity contribution in [3.63, 3.8) is 0 Å². The van der Waals surface area contributed by atoms with Gasteiger partial charge in [-0.15, -0.1) is 0 Å². The van der Waals surface area contributed by atoms with Gasteiger partial charge >= 0.3 is 5.97 Å². The Balaban J connectivity index is 2.05. The minimum atomic E-state index is -1.31. The van der Waals surface area contributed by atoms with Crippen LogP contribution in [0, 0.1) is 17.5 Å². The number of aryl methyl sites for hydroxylation is 2. The fraction of sp³-hybridized carbons (Fsp3) is 0.167. The molecule has 5 nitrogen and oxygen atoms in total. The lowest BCUT2D eigenvalue weighted by atomic mass is 10.1. The largest absolute Gasteiger partial charge is 0.480 e. The molecule has 0 bridgehead atoms. The Morgan fingerprint density at radius 3 is 2.58 bits per heavy atom. The SMILES string of the molecule is O=C(O)Cn1c(CCc2cc(F)cc(F)c2F)nc(=O)c2ccccc21. The van der Waals surface area contributed by atoms with Gasteiger partial charge in [-0.2, -0.15) is 4.98 Å². The van der Waals surface area contributed by atoms with Crippen molar-refractivity contribution in [2.45, 2.75) is 19.4 Å². The third-order valence-electron chi connectivity index (χ3n) is 3.95. The second-order valence-corrected chi connectivity index (χ2v) is 5.69. The van der Waals surface area contributed by atoms with E-state index in [1.54, 1.807) is 18.2 Å². The van der Waals surface area contributed by atoms with E-state index in [1.807, 2.05) is 0 Å². The number of carboxylic acid groups (broad SMARTS) is 1. The average molecular weight is 362 g/mol. The van der Waals surface area contributed by atoms with Gasteiger partial charge in [0.1, 0.15) is 18.2 Å². The number of fused-ring (bicyclic) bond motifs is 1. The monoisotopic (exact) mass is 362 g/mol. The van der Waals surface area contributed by atoms with Crippen LogP contribution in [0.3, 0.4) is 0 Å². The number of carbonyl (C=O) groups is 1. The summed E-state index contributed by atoms with van der Waals surface area (Å²) in [6.45, 7) is -0.455. The lowest BCUT2D eigenvalue weighted by molar-refractivity contribution is -0.137. The Labute approximate surface area is 145 Å². The fourth-order valence-corrected chi connectivity index (χ4v) is 2.81. The first-order chi connectivity index (χ1) is 12.4. The molecule has 0 fully saturated rings. The molecule has 3 aromatic rings. The van der Waals surface area contributed by atoms with E-state index < -0.39 is 35.5 Å². The molecule has 0 unspecified atom stereocenters. The predicted octanol–water partition coefficient (Wildman–Crippen LogP) is 2.68. The van der Waals surface area contributed by atoms with Gasteiger partial charge in [0.25, 0.3) is 5.56 Å². The molecule has 0 aliphatic rings. The second-order valence-electron chi connectivity index (χ2n) is 5.69. The molecule has 0 saturated carbocycles. The average Bonchev–Trinajstić information content (AvgIpc) is 2.59. The van der Waals surface area contributed by atoms with E-state index in [4.69, 9.17) is 5.11 Å². The van der Waals surface area contributed by atoms with E-state index in [0.717, 1.165) is 6.07 Å². The molecule has 2 aromatic carbocycles. The molecular formula is C18H13F3N2O3. The van der Waals surface area contributed by atoms with Gasteiger partial charge in [-0.25, -0.2) is 13.2 Å². The van der Waals surface area contributed by atoms with E-state index in [2.05, 4.69) is 4.98 Å². The molecule has 0 spiro atoms. The zero-order chi connectivity index (χ0) is 18.8. The van der Waals surface area contributed by atoms with Crippen molar-refractivity contribution in [2.24, 2.45) is 0 Å². The van der Waals surface area contributed by atoms with Gasteiger partial charge in [0, 0.05) is 12.5 Å². The molecule has 134 valence electrons. The molecule has 1 aromatic heterocycles. The van der Waals surface area contributed by atoms with Gasteiger partial charge < -0.3 is 9.67 Å². The quantitative estimate of drug-likeness (QED) is 0.709. The van der Waals surface area contributed by atoms with Crippen LogP contribution in [-0.2, 0) is 24.2 Å². The maximum atomic E-state index is 13.8. The summed E-state index contributed by atoms with van der Waals surface area (Å²) in [5, 5.41) is 9.39. The van der Waals surface area contributed by atoms with Crippen LogP contribution in [0.1, 0.15) is 11.4 Å². The van der Waals surface area contributed by atoms with Gasteiger partial charge in [-0.1, -0.05) is 12.1 Å². The molecule has 0 aliphatic carbocycles. The maximum absolute atomic E-state index is 13.8. The van der Waals surface area contributed by atoms with Crippen molar-refractivity contribution in [1.29, 1.82) is 0 Å². The Bertz CT molecular complexity index is 1060. The zero-order valence-electron chi connectivity index (χ0n) is 13.4. The van der Waals surface area contributed by atoms with Gasteiger partial charge in [-0.05, 0) is 30.2 Å². The van der Waals surface area contributed by atoms with Crippen molar-refractivity contribution < 1.29 is 23.1 Å². The third kappa shape index (κ3) is 3.44. The number of rotatable bonds is 5. The van der Waals surface area contributed by atoms with E-state index in [9.17, 15) is 22.8 Å². The smallest absolute Gasteiger partial charge is 0.323 e. The van der Waals surface area contributed by atoms with Crippen molar-refractivity contribution in [2.75, 3.05) is 0 Å². The van der Waals surface area contributed by atoms with Crippen molar-refractivity contribution in [3.8, 4) is 0 Å². The van der Waals surface area contributed by atoms with E-state index in [1.165, 1.54) is 10.6 Å². The highest BCUT2D eigenvalue weighted by molar-refractivity contribution is 5.79. The molecule has 8 heteroatoms. The minimum Gasteiger partial charge on any atom is -0.480 e. The minimum absolute atomic E-state index is 0.0623. The Morgan fingerprint density at radius 2 is 1.85 bits per heavy atom. The van der Waals surface area contributed by atoms with Crippen LogP contribution in [0.5, 0.6) is 0 Å². The number of para-hydroxylation sites is 1. The topological polar surface area (TPSA) is 72.2 Å². The Kier molecular flexibility index (Phi) is 4.75. The summed E-state index contributed by atoms with van der Waals surface area (Å²) in [6, 6.07) is 7.67. The van der Waals surface area contributed by atoms with Crippen LogP contribution < -0.4 is 5.56 Å². The van der Waals surface area contributed by atoms with E-state index >= 15 is 0 Å². The van der Waals surface area contributed by atoms with Crippen LogP contribution in [0.2, 0.25) is 0 Å². The molecule has 26 heavy (non-hydrogen) atoms. The summed E-state index contributed by atoms with van der Waals surface area (Å²) in [4.78, 5) is 27.2. The molecular weight excluding hydrogens is 349 g/mol. The summed E-state index contributed by atoms with van der Waals surface area (Å²) in [5.74, 6) is -4.47. The molecule has 0 saturated heterocycles. The molecule has 1 N–H and O–H groups in total. The summed E-state index contributed by atoms with van der Waals surface area (Å²) in [6.07, 6.45) is -0.210. The third-order valence-corrected chi connectivity index (χ3v) is 3.95. The van der Waals surface area contributed by atoms with Crippen LogP contribution in [-0.4, -0.2) is 20.6 Å². The molecule has 0 radical (unpaired) electrons. The number of halogens is 3. The summed E-state index contributed by atoms with van der Waals surface area (Å²) in [7, 11) is 0. The first-order valence-corrected chi connectivity index (χ1v) is 7.70. The highest BCUT2D eigenvalue weighted by Gasteiger charge is 2.16. The van der Waals surface area contributed by atoms with Crippen molar-refractivity contribution >= 4 is 16.9 Å². The van der Waals surface area contributed by atoms with Gasteiger partial charge in [0.15, 0.2) is 11.6 Å². The molecule has 0 amide bonds. The number of carboxylic acids is 1. The number of aromatic nitrogens is 2. The lowest BCUT2D eigenvalue weighted by Gasteiger charge is -2.14. The number of hydrogen-bond donors (Lipinski definition) is 1. The summed E-state index contributed by atoms with van der Waals surface area (Å²) in [5.41, 5.74) is -0.397. The van der Waals surface area contributed by atoms with Gasteiger partial charge in [0.2, 0.25) is 0 Å². The number of aliphatic carboxylic acids is 1. The maximum Gasteiger partial charge on any atom is 0.323 e. The summed E-state index contributed by atoms with van der Waals surface area (Å²) >= 11 is 0. The van der Waals surface area contributed by atoms with Crippen molar-refractivity contribution in [1.82, 2.24) is 9.55 Å². The van der Waals surface area contributed by atoms with Gasteiger partial charge in [0.05, 0.1) is 10.9 Å². The Morgan fingerprint density at radius 1 is 1.12 bits per heavy atom. The normalized spacial score (nSPS) is 11.0. The highest BCUT2D eigenvalue weighted by Crippen LogP contribution is 2.18. The summed E-state index contributed by atoms with van der Waals surface area (Å²) < 4.78 is 41.8. The lowest BCUT2D eigenvalue weighted by Crippen LogP contribution is -2.22. The standard InChI is InChI=1S/C18H13F3N2O3/c19-11-7-10(17(21)13(20)8-11)5-6-15-22-18(26)12-3-1-2-4-14(12)23(15)9-16(24)25/h1-4,7-8H,5-6,9H2,(H,24,25). The molecule has 1 heterocycles. The zero-order valence-corrected chi connectivity index (χ0v) is 13.4. The molecule has 3 rings (SSSR count).